The molecule has 0 aliphatic carbocycles. The lowest BCUT2D eigenvalue weighted by molar-refractivity contribution is -0.193. The van der Waals surface area contributed by atoms with E-state index in [1.807, 2.05) is 29.2 Å². The van der Waals surface area contributed by atoms with Gasteiger partial charge < -0.3 is 20.0 Å². The predicted octanol–water partition coefficient (Wildman–Crippen LogP) is 5.02. The second-order valence-corrected chi connectivity index (χ2v) is 9.05. The first kappa shape index (κ1) is 31.8. The highest BCUT2D eigenvalue weighted by Crippen LogP contribution is 2.48. The average Bonchev–Trinajstić information content (AvgIpc) is 3.17. The van der Waals surface area contributed by atoms with Crippen LogP contribution in [-0.2, 0) is 15.0 Å². The van der Waals surface area contributed by atoms with Crippen LogP contribution in [0.3, 0.4) is 0 Å². The molecule has 1 aromatic carbocycles. The second-order valence-electron chi connectivity index (χ2n) is 8.61. The zero-order chi connectivity index (χ0) is 29.6. The normalized spacial score (nSPS) is 16.4. The summed E-state index contributed by atoms with van der Waals surface area (Å²) in [5.74, 6) is -5.49. The number of likely N-dealkylation sites (tertiary alicyclic amines) is 1. The molecule has 0 unspecified atom stereocenters. The minimum Gasteiger partial charge on any atom is -0.475 e. The molecule has 0 atom stereocenters. The van der Waals surface area contributed by atoms with E-state index in [-0.39, 0.29) is 11.3 Å². The molecular weight excluding hydrogens is 560 g/mol. The monoisotopic (exact) mass is 583 g/mol. The van der Waals surface area contributed by atoms with Crippen molar-refractivity contribution in [2.24, 2.45) is 0 Å². The Morgan fingerprint density at radius 1 is 1.00 bits per heavy atom. The Balaban J connectivity index is 0.000000317. The van der Waals surface area contributed by atoms with Crippen molar-refractivity contribution >= 4 is 35.1 Å². The Kier molecular flexibility index (Phi) is 10.3. The molecule has 0 bridgehead atoms. The summed E-state index contributed by atoms with van der Waals surface area (Å²) in [5.41, 5.74) is 2.88. The third-order valence-electron chi connectivity index (χ3n) is 6.18. The number of carboxylic acid groups (broad SMARTS) is 2. The van der Waals surface area contributed by atoms with Crippen LogP contribution in [0.4, 0.5) is 32.0 Å². The lowest BCUT2D eigenvalue weighted by Crippen LogP contribution is -2.46. The summed E-state index contributed by atoms with van der Waals surface area (Å²) < 4.78 is 63.5. The number of aliphatic carboxylic acids is 2. The number of benzene rings is 1. The number of hydrogen-bond donors (Lipinski definition) is 2. The SMILES string of the molecule is CCN1CCC2(CC1)CN(C(=O)c1cccnc1)c1ccc(Cl)cc12.O=C(O)C(F)(F)F.O=C(O)C(F)(F)F. The molecule has 2 N–H and O–H groups in total. The number of halogens is 7. The number of hydrogen-bond acceptors (Lipinski definition) is 5. The van der Waals surface area contributed by atoms with Crippen molar-refractivity contribution in [1.82, 2.24) is 9.88 Å². The number of nitrogens with zero attached hydrogens (tertiary/aromatic N) is 3. The molecule has 1 saturated heterocycles. The van der Waals surface area contributed by atoms with Crippen LogP contribution in [0.5, 0.6) is 0 Å². The number of carbonyl (C=O) groups is 3. The molecule has 1 fully saturated rings. The zero-order valence-corrected chi connectivity index (χ0v) is 21.1. The van der Waals surface area contributed by atoms with E-state index in [4.69, 9.17) is 31.4 Å². The molecule has 3 heterocycles. The highest BCUT2D eigenvalue weighted by atomic mass is 35.5. The van der Waals surface area contributed by atoms with Crippen molar-refractivity contribution in [3.8, 4) is 0 Å². The number of piperidine rings is 1. The number of pyridine rings is 1. The lowest BCUT2D eigenvalue weighted by Gasteiger charge is -2.39. The van der Waals surface area contributed by atoms with Gasteiger partial charge in [-0.1, -0.05) is 18.5 Å². The van der Waals surface area contributed by atoms with Gasteiger partial charge in [-0.25, -0.2) is 9.59 Å². The van der Waals surface area contributed by atoms with Gasteiger partial charge in [0.2, 0.25) is 0 Å². The molecule has 39 heavy (non-hydrogen) atoms. The number of fused-ring (bicyclic) bond motifs is 2. The van der Waals surface area contributed by atoms with Gasteiger partial charge in [0.25, 0.3) is 5.91 Å². The molecule has 15 heteroatoms. The van der Waals surface area contributed by atoms with Gasteiger partial charge in [0, 0.05) is 35.1 Å². The van der Waals surface area contributed by atoms with Gasteiger partial charge in [0.15, 0.2) is 0 Å². The van der Waals surface area contributed by atoms with E-state index in [9.17, 15) is 31.1 Å². The van der Waals surface area contributed by atoms with E-state index in [1.165, 1.54) is 5.56 Å². The number of carboxylic acids is 2. The minimum absolute atomic E-state index is 0.0176. The fourth-order valence-corrected chi connectivity index (χ4v) is 4.36. The predicted molar refractivity (Wildman–Crippen MR) is 128 cm³/mol. The molecule has 1 spiro atoms. The fourth-order valence-electron chi connectivity index (χ4n) is 4.19. The summed E-state index contributed by atoms with van der Waals surface area (Å²) in [4.78, 5) is 39.4. The van der Waals surface area contributed by atoms with Gasteiger partial charge in [0.1, 0.15) is 0 Å². The maximum atomic E-state index is 13.1. The highest BCUT2D eigenvalue weighted by molar-refractivity contribution is 6.30. The number of alkyl halides is 6. The maximum absolute atomic E-state index is 13.1. The summed E-state index contributed by atoms with van der Waals surface area (Å²) in [5, 5.41) is 15.0. The second kappa shape index (κ2) is 12.6. The molecular formula is C24H24ClF6N3O5. The highest BCUT2D eigenvalue weighted by Gasteiger charge is 2.46. The Morgan fingerprint density at radius 3 is 1.97 bits per heavy atom. The number of carbonyl (C=O) groups excluding carboxylic acids is 1. The summed E-state index contributed by atoms with van der Waals surface area (Å²) in [6.45, 7) is 6.15. The Morgan fingerprint density at radius 2 is 1.54 bits per heavy atom. The topological polar surface area (TPSA) is 111 Å². The molecule has 4 rings (SSSR count). The first-order valence-corrected chi connectivity index (χ1v) is 11.7. The smallest absolute Gasteiger partial charge is 0.475 e. The number of rotatable bonds is 2. The summed E-state index contributed by atoms with van der Waals surface area (Å²) in [7, 11) is 0. The van der Waals surface area contributed by atoms with Crippen LogP contribution in [0.1, 0.15) is 35.7 Å². The van der Waals surface area contributed by atoms with E-state index in [1.54, 1.807) is 12.4 Å². The van der Waals surface area contributed by atoms with Gasteiger partial charge in [-0.3, -0.25) is 9.78 Å². The molecule has 0 radical (unpaired) electrons. The first-order valence-electron chi connectivity index (χ1n) is 11.4. The van der Waals surface area contributed by atoms with Crippen molar-refractivity contribution in [2.75, 3.05) is 31.1 Å². The zero-order valence-electron chi connectivity index (χ0n) is 20.4. The summed E-state index contributed by atoms with van der Waals surface area (Å²) in [6, 6.07) is 9.57. The van der Waals surface area contributed by atoms with Crippen LogP contribution in [-0.4, -0.2) is 76.5 Å². The van der Waals surface area contributed by atoms with Gasteiger partial charge in [-0.05, 0) is 68.4 Å². The number of anilines is 1. The minimum atomic E-state index is -5.08. The van der Waals surface area contributed by atoms with E-state index < -0.39 is 24.3 Å². The molecule has 214 valence electrons. The van der Waals surface area contributed by atoms with Crippen LogP contribution in [0.15, 0.2) is 42.7 Å². The molecule has 8 nitrogen and oxygen atoms in total. The van der Waals surface area contributed by atoms with Crippen molar-refractivity contribution in [3.05, 3.63) is 58.9 Å². The van der Waals surface area contributed by atoms with Crippen LogP contribution in [0, 0.1) is 0 Å². The fraction of sp³-hybridized carbons (Fsp3) is 0.417. The third kappa shape index (κ3) is 8.30. The average molecular weight is 584 g/mol. The largest absolute Gasteiger partial charge is 0.490 e. The van der Waals surface area contributed by atoms with E-state index in [0.717, 1.165) is 49.7 Å². The quantitative estimate of drug-likeness (QED) is 0.478. The molecule has 2 aliphatic rings. The molecule has 0 saturated carbocycles. The first-order chi connectivity index (χ1) is 18.0. The molecule has 1 aromatic heterocycles. The van der Waals surface area contributed by atoms with E-state index in [0.29, 0.717) is 5.56 Å². The summed E-state index contributed by atoms with van der Waals surface area (Å²) >= 11 is 6.30. The third-order valence-corrected chi connectivity index (χ3v) is 6.42. The summed E-state index contributed by atoms with van der Waals surface area (Å²) in [6.07, 6.45) is -4.71. The molecule has 2 aromatic rings. The van der Waals surface area contributed by atoms with Crippen LogP contribution in [0.25, 0.3) is 0 Å². The Hall–Kier alpha value is -3.39. The lowest BCUT2D eigenvalue weighted by atomic mass is 9.74. The van der Waals surface area contributed by atoms with Gasteiger partial charge in [0.05, 0.1) is 5.56 Å². The van der Waals surface area contributed by atoms with Gasteiger partial charge >= 0.3 is 24.3 Å². The molecule has 1 amide bonds. The van der Waals surface area contributed by atoms with Crippen LogP contribution in [0.2, 0.25) is 5.02 Å². The van der Waals surface area contributed by atoms with Gasteiger partial charge in [-0.15, -0.1) is 0 Å². The molecule has 2 aliphatic heterocycles. The van der Waals surface area contributed by atoms with Crippen molar-refractivity contribution in [3.63, 3.8) is 0 Å². The van der Waals surface area contributed by atoms with Gasteiger partial charge in [-0.2, -0.15) is 26.3 Å². The number of amides is 1. The van der Waals surface area contributed by atoms with Crippen LogP contribution < -0.4 is 4.90 Å². The van der Waals surface area contributed by atoms with E-state index >= 15 is 0 Å². The van der Waals surface area contributed by atoms with Crippen molar-refractivity contribution in [2.45, 2.75) is 37.5 Å². The maximum Gasteiger partial charge on any atom is 0.490 e. The van der Waals surface area contributed by atoms with Crippen molar-refractivity contribution < 1.29 is 50.9 Å². The standard InChI is InChI=1S/C20H22ClN3O.2C2HF3O2/c1-2-23-10-7-20(8-11-23)14-24(18-6-5-16(21)12-17(18)20)19(25)15-4-3-9-22-13-15;2*3-2(4,5)1(6)7/h3-6,9,12-13H,2,7-8,10-11,14H2,1H3;2*(H,6,7). The Bertz CT molecular complexity index is 1150. The van der Waals surface area contributed by atoms with Crippen LogP contribution >= 0.6 is 11.6 Å². The number of aromatic nitrogens is 1. The van der Waals surface area contributed by atoms with E-state index in [2.05, 4.69) is 22.9 Å². The van der Waals surface area contributed by atoms with Crippen molar-refractivity contribution in [1.29, 1.82) is 0 Å². The Labute approximate surface area is 223 Å².